The number of imidazole rings is 1. The fourth-order valence-corrected chi connectivity index (χ4v) is 3.11. The summed E-state index contributed by atoms with van der Waals surface area (Å²) >= 11 is 4.96. The summed E-state index contributed by atoms with van der Waals surface area (Å²) in [6.07, 6.45) is 3.69. The Morgan fingerprint density at radius 1 is 1.47 bits per heavy atom. The summed E-state index contributed by atoms with van der Waals surface area (Å²) < 4.78 is 2.86. The number of fused-ring (bicyclic) bond motifs is 1. The fraction of sp³-hybridized carbons (Fsp3) is 0.154. The maximum atomic E-state index is 10.3. The van der Waals surface area contributed by atoms with Gasteiger partial charge in [-0.1, -0.05) is 15.9 Å². The minimum atomic E-state index is -0.651. The SMILES string of the molecule is Nc1ccc(Br)cc1C(O)Cc1cn2ccsc2n1. The minimum Gasteiger partial charge on any atom is -0.398 e. The van der Waals surface area contributed by atoms with Crippen molar-refractivity contribution in [2.75, 3.05) is 5.73 Å². The molecule has 1 atom stereocenters. The average molecular weight is 338 g/mol. The normalized spacial score (nSPS) is 12.9. The van der Waals surface area contributed by atoms with Crippen LogP contribution in [0.2, 0.25) is 0 Å². The van der Waals surface area contributed by atoms with Crippen molar-refractivity contribution in [2.45, 2.75) is 12.5 Å². The molecule has 0 saturated heterocycles. The molecule has 2 aromatic heterocycles. The van der Waals surface area contributed by atoms with E-state index in [2.05, 4.69) is 20.9 Å². The van der Waals surface area contributed by atoms with Gasteiger partial charge < -0.3 is 10.8 Å². The molecule has 0 amide bonds. The second-order valence-corrected chi connectivity index (χ2v) is 6.11. The van der Waals surface area contributed by atoms with Crippen LogP contribution in [-0.2, 0) is 6.42 Å². The van der Waals surface area contributed by atoms with Gasteiger partial charge in [-0.15, -0.1) is 11.3 Å². The summed E-state index contributed by atoms with van der Waals surface area (Å²) in [5, 5.41) is 12.3. The predicted molar refractivity (Wildman–Crippen MR) is 80.3 cm³/mol. The van der Waals surface area contributed by atoms with E-state index in [9.17, 15) is 5.11 Å². The fourth-order valence-electron chi connectivity index (χ4n) is 2.02. The van der Waals surface area contributed by atoms with Crippen LogP contribution >= 0.6 is 27.3 Å². The molecule has 3 N–H and O–H groups in total. The van der Waals surface area contributed by atoms with Gasteiger partial charge in [0.2, 0.25) is 0 Å². The molecule has 0 aliphatic heterocycles. The van der Waals surface area contributed by atoms with Gasteiger partial charge in [0.25, 0.3) is 0 Å². The molecule has 1 unspecified atom stereocenters. The Balaban J connectivity index is 1.86. The van der Waals surface area contributed by atoms with Gasteiger partial charge in [0.05, 0.1) is 11.8 Å². The molecule has 98 valence electrons. The molecule has 0 spiro atoms. The van der Waals surface area contributed by atoms with Crippen molar-refractivity contribution in [1.82, 2.24) is 9.38 Å². The highest BCUT2D eigenvalue weighted by Crippen LogP contribution is 2.27. The lowest BCUT2D eigenvalue weighted by Crippen LogP contribution is -2.05. The van der Waals surface area contributed by atoms with Crippen molar-refractivity contribution in [1.29, 1.82) is 0 Å². The van der Waals surface area contributed by atoms with Crippen LogP contribution in [0.15, 0.2) is 40.4 Å². The second kappa shape index (κ2) is 4.96. The molecule has 19 heavy (non-hydrogen) atoms. The predicted octanol–water partition coefficient (Wildman–Crippen LogP) is 3.02. The van der Waals surface area contributed by atoms with E-state index in [0.717, 1.165) is 20.7 Å². The van der Waals surface area contributed by atoms with E-state index in [4.69, 9.17) is 5.73 Å². The van der Waals surface area contributed by atoms with Gasteiger partial charge in [0, 0.05) is 39.9 Å². The zero-order valence-corrected chi connectivity index (χ0v) is 12.4. The van der Waals surface area contributed by atoms with Gasteiger partial charge in [0.1, 0.15) is 0 Å². The molecule has 0 aliphatic rings. The largest absolute Gasteiger partial charge is 0.398 e. The lowest BCUT2D eigenvalue weighted by molar-refractivity contribution is 0.178. The maximum Gasteiger partial charge on any atom is 0.193 e. The Labute approximate surface area is 122 Å². The maximum absolute atomic E-state index is 10.3. The topological polar surface area (TPSA) is 63.5 Å². The Hall–Kier alpha value is -1.37. The Morgan fingerprint density at radius 2 is 2.32 bits per heavy atom. The summed E-state index contributed by atoms with van der Waals surface area (Å²) in [4.78, 5) is 5.39. The van der Waals surface area contributed by atoms with Crippen molar-refractivity contribution in [3.63, 3.8) is 0 Å². The van der Waals surface area contributed by atoms with E-state index in [-0.39, 0.29) is 0 Å². The quantitative estimate of drug-likeness (QED) is 0.722. The van der Waals surface area contributed by atoms with Crippen molar-refractivity contribution >= 4 is 37.9 Å². The smallest absolute Gasteiger partial charge is 0.193 e. The number of hydrogen-bond donors (Lipinski definition) is 2. The first kappa shape index (κ1) is 12.7. The zero-order valence-electron chi connectivity index (χ0n) is 9.95. The highest BCUT2D eigenvalue weighted by atomic mass is 79.9. The zero-order chi connectivity index (χ0) is 13.4. The van der Waals surface area contributed by atoms with E-state index >= 15 is 0 Å². The van der Waals surface area contributed by atoms with Crippen LogP contribution in [0.3, 0.4) is 0 Å². The number of nitrogens with zero attached hydrogens (tertiary/aromatic N) is 2. The van der Waals surface area contributed by atoms with Gasteiger partial charge in [-0.2, -0.15) is 0 Å². The molecule has 0 bridgehead atoms. The van der Waals surface area contributed by atoms with E-state index in [1.165, 1.54) is 0 Å². The Morgan fingerprint density at radius 3 is 3.11 bits per heavy atom. The third-order valence-electron chi connectivity index (χ3n) is 2.95. The number of aliphatic hydroxyl groups is 1. The molecular formula is C13H12BrN3OS. The van der Waals surface area contributed by atoms with Gasteiger partial charge in [-0.25, -0.2) is 4.98 Å². The van der Waals surface area contributed by atoms with Crippen LogP contribution in [-0.4, -0.2) is 14.5 Å². The van der Waals surface area contributed by atoms with Gasteiger partial charge in [0.15, 0.2) is 4.96 Å². The number of rotatable bonds is 3. The molecule has 6 heteroatoms. The highest BCUT2D eigenvalue weighted by Gasteiger charge is 2.14. The molecule has 1 aromatic carbocycles. The average Bonchev–Trinajstić information content (AvgIpc) is 2.92. The minimum absolute atomic E-state index is 0.453. The van der Waals surface area contributed by atoms with Crippen molar-refractivity contribution < 1.29 is 5.11 Å². The third-order valence-corrected chi connectivity index (χ3v) is 4.22. The summed E-state index contributed by atoms with van der Waals surface area (Å²) in [6, 6.07) is 5.49. The molecule has 0 fully saturated rings. The number of nitrogen functional groups attached to an aromatic ring is 1. The van der Waals surface area contributed by atoms with Gasteiger partial charge in [-0.05, 0) is 18.2 Å². The number of anilines is 1. The van der Waals surface area contributed by atoms with Crippen LogP contribution < -0.4 is 5.73 Å². The number of aliphatic hydroxyl groups excluding tert-OH is 1. The first-order chi connectivity index (χ1) is 9.13. The number of hydrogen-bond acceptors (Lipinski definition) is 4. The number of benzene rings is 1. The Kier molecular flexibility index (Phi) is 3.30. The molecular weight excluding hydrogens is 326 g/mol. The highest BCUT2D eigenvalue weighted by molar-refractivity contribution is 9.10. The molecule has 2 heterocycles. The standard InChI is InChI=1S/C13H12BrN3OS/c14-8-1-2-11(15)10(5-8)12(18)6-9-7-17-3-4-19-13(17)16-9/h1-5,7,12,18H,6,15H2. The van der Waals surface area contributed by atoms with Crippen LogP contribution in [0.25, 0.3) is 4.96 Å². The van der Waals surface area contributed by atoms with Crippen molar-refractivity contribution in [3.05, 3.63) is 51.7 Å². The molecule has 0 aliphatic carbocycles. The van der Waals surface area contributed by atoms with Crippen molar-refractivity contribution in [2.24, 2.45) is 0 Å². The third kappa shape index (κ3) is 2.51. The first-order valence-corrected chi connectivity index (χ1v) is 7.45. The van der Waals surface area contributed by atoms with Crippen LogP contribution in [0.5, 0.6) is 0 Å². The van der Waals surface area contributed by atoms with E-state index in [0.29, 0.717) is 12.1 Å². The lowest BCUT2D eigenvalue weighted by Gasteiger charge is -2.12. The number of nitrogens with two attached hydrogens (primary N) is 1. The summed E-state index contributed by atoms with van der Waals surface area (Å²) in [6.45, 7) is 0. The number of aromatic nitrogens is 2. The molecule has 3 rings (SSSR count). The van der Waals surface area contributed by atoms with E-state index < -0.39 is 6.10 Å². The summed E-state index contributed by atoms with van der Waals surface area (Å²) in [5.74, 6) is 0. The van der Waals surface area contributed by atoms with Crippen molar-refractivity contribution in [3.8, 4) is 0 Å². The van der Waals surface area contributed by atoms with Crippen LogP contribution in [0, 0.1) is 0 Å². The Bertz CT molecular complexity index is 693. The molecule has 0 radical (unpaired) electrons. The number of halogens is 1. The monoisotopic (exact) mass is 337 g/mol. The first-order valence-electron chi connectivity index (χ1n) is 5.77. The summed E-state index contributed by atoms with van der Waals surface area (Å²) in [7, 11) is 0. The van der Waals surface area contributed by atoms with E-state index in [1.807, 2.05) is 34.3 Å². The molecule has 3 aromatic rings. The van der Waals surface area contributed by atoms with E-state index in [1.54, 1.807) is 17.4 Å². The summed E-state index contributed by atoms with van der Waals surface area (Å²) in [5.41, 5.74) is 8.08. The van der Waals surface area contributed by atoms with Crippen LogP contribution in [0.1, 0.15) is 17.4 Å². The van der Waals surface area contributed by atoms with Crippen LogP contribution in [0.4, 0.5) is 5.69 Å². The molecule has 4 nitrogen and oxygen atoms in total. The lowest BCUT2D eigenvalue weighted by atomic mass is 10.0. The van der Waals surface area contributed by atoms with Gasteiger partial charge in [-0.3, -0.25) is 4.40 Å². The molecule has 0 saturated carbocycles. The second-order valence-electron chi connectivity index (χ2n) is 4.32. The number of thiazole rings is 1. The van der Waals surface area contributed by atoms with Gasteiger partial charge >= 0.3 is 0 Å².